The Morgan fingerprint density at radius 3 is 2.83 bits per heavy atom. The summed E-state index contributed by atoms with van der Waals surface area (Å²) in [5.41, 5.74) is 1.07. The molecule has 5 nitrogen and oxygen atoms in total. The van der Waals surface area contributed by atoms with E-state index in [1.807, 2.05) is 6.92 Å². The van der Waals surface area contributed by atoms with E-state index in [1.54, 1.807) is 0 Å². The number of nitrogens with one attached hydrogen (secondary N) is 1. The van der Waals surface area contributed by atoms with Gasteiger partial charge in [0.1, 0.15) is 0 Å². The van der Waals surface area contributed by atoms with Crippen LogP contribution in [0.3, 0.4) is 0 Å². The van der Waals surface area contributed by atoms with E-state index in [9.17, 15) is 0 Å². The number of nitrogens with zero attached hydrogens (tertiary/aromatic N) is 3. The summed E-state index contributed by atoms with van der Waals surface area (Å²) < 4.78 is 7.62. The predicted molar refractivity (Wildman–Crippen MR) is 73.1 cm³/mol. The van der Waals surface area contributed by atoms with Crippen LogP contribution in [0.25, 0.3) is 0 Å². The maximum Gasteiger partial charge on any atom is 0.203 e. The van der Waals surface area contributed by atoms with E-state index in [-0.39, 0.29) is 0 Å². The summed E-state index contributed by atoms with van der Waals surface area (Å²) in [5, 5.41) is 3.32. The molecular weight excluding hydrogens is 228 g/mol. The lowest BCUT2D eigenvalue weighted by Crippen LogP contribution is -2.39. The summed E-state index contributed by atoms with van der Waals surface area (Å²) in [6.07, 6.45) is 2.13. The van der Waals surface area contributed by atoms with Gasteiger partial charge in [0.15, 0.2) is 0 Å². The molecule has 1 N–H and O–H groups in total. The molecule has 1 aromatic rings. The molecule has 1 aromatic heterocycles. The minimum Gasteiger partial charge on any atom is -0.379 e. The molecule has 0 bridgehead atoms. The van der Waals surface area contributed by atoms with Crippen molar-refractivity contribution in [3.05, 3.63) is 11.9 Å². The van der Waals surface area contributed by atoms with Gasteiger partial charge in [0.2, 0.25) is 5.95 Å². The van der Waals surface area contributed by atoms with Crippen LogP contribution in [0.15, 0.2) is 6.20 Å². The monoisotopic (exact) mass is 252 g/mol. The Kier molecular flexibility index (Phi) is 4.60. The van der Waals surface area contributed by atoms with Crippen molar-refractivity contribution >= 4 is 5.95 Å². The van der Waals surface area contributed by atoms with E-state index >= 15 is 0 Å². The second kappa shape index (κ2) is 6.20. The van der Waals surface area contributed by atoms with Gasteiger partial charge in [-0.05, 0) is 20.8 Å². The van der Waals surface area contributed by atoms with Gasteiger partial charge in [-0.2, -0.15) is 0 Å². The summed E-state index contributed by atoms with van der Waals surface area (Å²) in [7, 11) is 0. The summed E-state index contributed by atoms with van der Waals surface area (Å²) in [5.74, 6) is 0.982. The topological polar surface area (TPSA) is 42.3 Å². The van der Waals surface area contributed by atoms with Crippen molar-refractivity contribution < 1.29 is 4.74 Å². The summed E-state index contributed by atoms with van der Waals surface area (Å²) in [6.45, 7) is 12.1. The van der Waals surface area contributed by atoms with Crippen LogP contribution in [-0.4, -0.2) is 53.8 Å². The van der Waals surface area contributed by atoms with Crippen molar-refractivity contribution in [1.29, 1.82) is 0 Å². The van der Waals surface area contributed by atoms with E-state index in [0.29, 0.717) is 6.04 Å². The molecule has 1 fully saturated rings. The van der Waals surface area contributed by atoms with E-state index in [1.165, 1.54) is 0 Å². The van der Waals surface area contributed by atoms with Gasteiger partial charge in [-0.25, -0.2) is 4.98 Å². The normalized spacial score (nSPS) is 18.8. The molecule has 0 amide bonds. The smallest absolute Gasteiger partial charge is 0.203 e. The highest BCUT2D eigenvalue weighted by Gasteiger charge is 2.17. The van der Waals surface area contributed by atoms with Gasteiger partial charge in [0.25, 0.3) is 0 Å². The van der Waals surface area contributed by atoms with Gasteiger partial charge in [-0.15, -0.1) is 0 Å². The Hall–Kier alpha value is -1.07. The number of anilines is 1. The van der Waals surface area contributed by atoms with Crippen LogP contribution in [0.2, 0.25) is 0 Å². The summed E-state index contributed by atoms with van der Waals surface area (Å²) in [6, 6.07) is 0.429. The highest BCUT2D eigenvalue weighted by Crippen LogP contribution is 2.17. The van der Waals surface area contributed by atoms with Gasteiger partial charge >= 0.3 is 0 Å². The lowest BCUT2D eigenvalue weighted by atomic mass is 10.3. The highest BCUT2D eigenvalue weighted by atomic mass is 16.5. The lowest BCUT2D eigenvalue weighted by molar-refractivity contribution is 0.0326. The number of morpholine rings is 1. The Labute approximate surface area is 109 Å². The minimum absolute atomic E-state index is 0.429. The number of aromatic nitrogens is 2. The maximum absolute atomic E-state index is 5.38. The van der Waals surface area contributed by atoms with Crippen molar-refractivity contribution in [2.75, 3.05) is 44.7 Å². The van der Waals surface area contributed by atoms with Crippen LogP contribution in [0.4, 0.5) is 5.95 Å². The molecule has 0 saturated carbocycles. The Morgan fingerprint density at radius 1 is 1.44 bits per heavy atom. The minimum atomic E-state index is 0.429. The molecule has 1 aliphatic rings. The number of hydrogen-bond donors (Lipinski definition) is 1. The molecular formula is C13H24N4O. The second-order valence-corrected chi connectivity index (χ2v) is 4.91. The van der Waals surface area contributed by atoms with Crippen LogP contribution in [0, 0.1) is 6.92 Å². The molecule has 2 rings (SSSR count). The first-order chi connectivity index (χ1) is 8.70. The molecule has 1 aliphatic heterocycles. The van der Waals surface area contributed by atoms with Crippen LogP contribution in [0.1, 0.15) is 25.6 Å². The largest absolute Gasteiger partial charge is 0.379 e. The first kappa shape index (κ1) is 13.4. The number of hydrogen-bond acceptors (Lipinski definition) is 4. The molecule has 2 heterocycles. The fraction of sp³-hybridized carbons (Fsp3) is 0.769. The highest BCUT2D eigenvalue weighted by molar-refractivity contribution is 5.29. The fourth-order valence-corrected chi connectivity index (χ4v) is 2.39. The van der Waals surface area contributed by atoms with Gasteiger partial charge in [-0.3, -0.25) is 4.90 Å². The van der Waals surface area contributed by atoms with Crippen molar-refractivity contribution in [3.8, 4) is 0 Å². The van der Waals surface area contributed by atoms with Crippen molar-refractivity contribution in [2.24, 2.45) is 0 Å². The Balaban J connectivity index is 2.00. The van der Waals surface area contributed by atoms with E-state index in [2.05, 4.69) is 39.8 Å². The zero-order chi connectivity index (χ0) is 13.0. The molecule has 0 aliphatic carbocycles. The first-order valence-corrected chi connectivity index (χ1v) is 6.80. The van der Waals surface area contributed by atoms with E-state index in [4.69, 9.17) is 4.74 Å². The number of rotatable bonds is 5. The third kappa shape index (κ3) is 3.23. The van der Waals surface area contributed by atoms with Crippen LogP contribution in [-0.2, 0) is 4.74 Å². The fourth-order valence-electron chi connectivity index (χ4n) is 2.39. The van der Waals surface area contributed by atoms with Crippen LogP contribution >= 0.6 is 0 Å². The molecule has 0 spiro atoms. The number of ether oxygens (including phenoxy) is 1. The molecule has 0 radical (unpaired) electrons. The number of aryl methyl sites for hydroxylation is 1. The van der Waals surface area contributed by atoms with E-state index in [0.717, 1.165) is 51.0 Å². The zero-order valence-electron chi connectivity index (χ0n) is 11.6. The lowest BCUT2D eigenvalue weighted by Gasteiger charge is -2.30. The van der Waals surface area contributed by atoms with Gasteiger partial charge < -0.3 is 14.6 Å². The molecule has 18 heavy (non-hydrogen) atoms. The first-order valence-electron chi connectivity index (χ1n) is 6.80. The standard InChI is InChI=1S/C13H24N4O/c1-4-14-13-15-11(2)9-17(13)12(3)10-16-5-7-18-8-6-16/h9,12H,4-8,10H2,1-3H3,(H,14,15). The molecule has 102 valence electrons. The summed E-state index contributed by atoms with van der Waals surface area (Å²) >= 11 is 0. The molecule has 5 heteroatoms. The zero-order valence-corrected chi connectivity index (χ0v) is 11.6. The van der Waals surface area contributed by atoms with Gasteiger partial charge in [-0.1, -0.05) is 0 Å². The van der Waals surface area contributed by atoms with Gasteiger partial charge in [0, 0.05) is 38.4 Å². The van der Waals surface area contributed by atoms with Crippen molar-refractivity contribution in [1.82, 2.24) is 14.5 Å². The van der Waals surface area contributed by atoms with Crippen molar-refractivity contribution in [2.45, 2.75) is 26.8 Å². The third-order valence-corrected chi connectivity index (χ3v) is 3.29. The third-order valence-electron chi connectivity index (χ3n) is 3.29. The molecule has 1 atom stereocenters. The molecule has 1 unspecified atom stereocenters. The second-order valence-electron chi connectivity index (χ2n) is 4.91. The number of imidazole rings is 1. The average molecular weight is 252 g/mol. The quantitative estimate of drug-likeness (QED) is 0.862. The van der Waals surface area contributed by atoms with Crippen molar-refractivity contribution in [3.63, 3.8) is 0 Å². The SMILES string of the molecule is CCNc1nc(C)cn1C(C)CN1CCOCC1. The van der Waals surface area contributed by atoms with Gasteiger partial charge in [0.05, 0.1) is 18.9 Å². The average Bonchev–Trinajstić information content (AvgIpc) is 2.72. The summed E-state index contributed by atoms with van der Waals surface area (Å²) in [4.78, 5) is 6.98. The molecule has 0 aromatic carbocycles. The predicted octanol–water partition coefficient (Wildman–Crippen LogP) is 1.52. The molecule has 1 saturated heterocycles. The Bertz CT molecular complexity index is 371. The Morgan fingerprint density at radius 2 is 2.17 bits per heavy atom. The van der Waals surface area contributed by atoms with E-state index < -0.39 is 0 Å². The van der Waals surface area contributed by atoms with Crippen LogP contribution in [0.5, 0.6) is 0 Å². The maximum atomic E-state index is 5.38. The van der Waals surface area contributed by atoms with Crippen LogP contribution < -0.4 is 5.32 Å².